The molecule has 4 nitrogen and oxygen atoms in total. The number of ether oxygens (including phenoxy) is 1. The maximum atomic E-state index is 11.9. The van der Waals surface area contributed by atoms with Crippen molar-refractivity contribution >= 4 is 5.91 Å². The van der Waals surface area contributed by atoms with Gasteiger partial charge in [-0.1, -0.05) is 13.8 Å². The van der Waals surface area contributed by atoms with Gasteiger partial charge in [-0.25, -0.2) is 0 Å². The first-order chi connectivity index (χ1) is 7.04. The number of nitrogens with zero attached hydrogens (tertiary/aromatic N) is 1. The number of nitrogens with two attached hydrogens (primary N) is 1. The molecule has 1 amide bonds. The van der Waals surface area contributed by atoms with Gasteiger partial charge in [-0.2, -0.15) is 0 Å². The van der Waals surface area contributed by atoms with E-state index in [1.807, 2.05) is 7.05 Å². The second-order valence-corrected chi connectivity index (χ2v) is 4.67. The zero-order chi connectivity index (χ0) is 11.4. The minimum Gasteiger partial charge on any atom is -0.364 e. The molecule has 0 radical (unpaired) electrons. The predicted octanol–water partition coefficient (Wildman–Crippen LogP) is 0.607. The van der Waals surface area contributed by atoms with Crippen LogP contribution in [0.4, 0.5) is 0 Å². The van der Waals surface area contributed by atoms with Crippen LogP contribution in [0.3, 0.4) is 0 Å². The summed E-state index contributed by atoms with van der Waals surface area (Å²) in [5.41, 5.74) is 5.50. The molecule has 1 aliphatic heterocycles. The maximum Gasteiger partial charge on any atom is 0.251 e. The lowest BCUT2D eigenvalue weighted by Gasteiger charge is -2.22. The van der Waals surface area contributed by atoms with E-state index in [1.54, 1.807) is 4.90 Å². The molecule has 0 aromatic carbocycles. The second-order valence-electron chi connectivity index (χ2n) is 4.67. The summed E-state index contributed by atoms with van der Waals surface area (Å²) in [7, 11) is 1.83. The Morgan fingerprint density at radius 2 is 2.20 bits per heavy atom. The largest absolute Gasteiger partial charge is 0.364 e. The van der Waals surface area contributed by atoms with Crippen LogP contribution >= 0.6 is 0 Å². The highest BCUT2D eigenvalue weighted by atomic mass is 16.5. The molecule has 0 bridgehead atoms. The van der Waals surface area contributed by atoms with Gasteiger partial charge in [0, 0.05) is 20.1 Å². The van der Waals surface area contributed by atoms with Crippen molar-refractivity contribution in [3.63, 3.8) is 0 Å². The molecular formula is C11H22N2O2. The highest BCUT2D eigenvalue weighted by Gasteiger charge is 2.31. The Morgan fingerprint density at radius 3 is 2.67 bits per heavy atom. The van der Waals surface area contributed by atoms with Crippen molar-refractivity contribution in [1.29, 1.82) is 0 Å². The summed E-state index contributed by atoms with van der Waals surface area (Å²) in [6, 6.07) is 0. The van der Waals surface area contributed by atoms with E-state index >= 15 is 0 Å². The summed E-state index contributed by atoms with van der Waals surface area (Å²) in [5.74, 6) is 0.588. The molecule has 1 heterocycles. The second kappa shape index (κ2) is 5.47. The number of hydrogen-bond acceptors (Lipinski definition) is 3. The van der Waals surface area contributed by atoms with Crippen molar-refractivity contribution in [3.05, 3.63) is 0 Å². The van der Waals surface area contributed by atoms with E-state index < -0.39 is 0 Å². The molecule has 88 valence electrons. The molecule has 1 fully saturated rings. The van der Waals surface area contributed by atoms with E-state index in [-0.39, 0.29) is 18.1 Å². The van der Waals surface area contributed by atoms with Gasteiger partial charge < -0.3 is 15.4 Å². The normalized spacial score (nSPS) is 25.9. The summed E-state index contributed by atoms with van der Waals surface area (Å²) in [4.78, 5) is 13.7. The van der Waals surface area contributed by atoms with Crippen molar-refractivity contribution in [2.45, 2.75) is 38.9 Å². The molecule has 0 aliphatic carbocycles. The number of hydrogen-bond donors (Lipinski definition) is 1. The van der Waals surface area contributed by atoms with Crippen molar-refractivity contribution in [2.24, 2.45) is 11.7 Å². The molecule has 0 saturated carbocycles. The first kappa shape index (κ1) is 12.5. The van der Waals surface area contributed by atoms with Crippen LogP contribution < -0.4 is 5.73 Å². The molecular weight excluding hydrogens is 192 g/mol. The van der Waals surface area contributed by atoms with Gasteiger partial charge in [0.05, 0.1) is 6.10 Å². The maximum absolute atomic E-state index is 11.9. The van der Waals surface area contributed by atoms with Gasteiger partial charge in [-0.05, 0) is 18.8 Å². The molecule has 0 aromatic heterocycles. The molecule has 0 aromatic rings. The molecule has 2 atom stereocenters. The van der Waals surface area contributed by atoms with Crippen LogP contribution in [0.5, 0.6) is 0 Å². The number of rotatable bonds is 4. The van der Waals surface area contributed by atoms with Crippen LogP contribution in [0.2, 0.25) is 0 Å². The topological polar surface area (TPSA) is 55.6 Å². The molecule has 2 N–H and O–H groups in total. The monoisotopic (exact) mass is 214 g/mol. The third-order valence-electron chi connectivity index (χ3n) is 2.66. The molecule has 0 unspecified atom stereocenters. The Kier molecular flexibility index (Phi) is 4.54. The molecule has 1 rings (SSSR count). The zero-order valence-electron chi connectivity index (χ0n) is 9.90. The minimum atomic E-state index is -0.262. The van der Waals surface area contributed by atoms with Crippen LogP contribution in [0.1, 0.15) is 26.7 Å². The summed E-state index contributed by atoms with van der Waals surface area (Å²) in [6.45, 7) is 5.49. The van der Waals surface area contributed by atoms with Gasteiger partial charge in [0.25, 0.3) is 5.91 Å². The van der Waals surface area contributed by atoms with E-state index in [9.17, 15) is 4.79 Å². The SMILES string of the molecule is CC(C)CN(C)C(=O)[C@@H]1CC[C@H](CN)O1. The molecule has 15 heavy (non-hydrogen) atoms. The number of carbonyl (C=O) groups excluding carboxylic acids is 1. The first-order valence-corrected chi connectivity index (χ1v) is 5.65. The van der Waals surface area contributed by atoms with E-state index in [0.29, 0.717) is 12.5 Å². The number of amides is 1. The van der Waals surface area contributed by atoms with Crippen molar-refractivity contribution in [3.8, 4) is 0 Å². The molecule has 1 aliphatic rings. The predicted molar refractivity (Wildman–Crippen MR) is 59.4 cm³/mol. The van der Waals surface area contributed by atoms with Crippen LogP contribution in [-0.2, 0) is 9.53 Å². The van der Waals surface area contributed by atoms with E-state index in [4.69, 9.17) is 10.5 Å². The van der Waals surface area contributed by atoms with E-state index in [2.05, 4.69) is 13.8 Å². The molecule has 0 spiro atoms. The first-order valence-electron chi connectivity index (χ1n) is 5.65. The average molecular weight is 214 g/mol. The highest BCUT2D eigenvalue weighted by Crippen LogP contribution is 2.20. The van der Waals surface area contributed by atoms with Gasteiger partial charge in [0.1, 0.15) is 6.10 Å². The Balaban J connectivity index is 2.40. The Bertz CT molecular complexity index is 219. The Morgan fingerprint density at radius 1 is 1.53 bits per heavy atom. The lowest BCUT2D eigenvalue weighted by molar-refractivity contribution is -0.141. The van der Waals surface area contributed by atoms with Gasteiger partial charge in [0.2, 0.25) is 0 Å². The summed E-state index contributed by atoms with van der Waals surface area (Å²) in [6.07, 6.45) is 1.53. The van der Waals surface area contributed by atoms with Gasteiger partial charge in [0.15, 0.2) is 0 Å². The fourth-order valence-corrected chi connectivity index (χ4v) is 1.94. The van der Waals surface area contributed by atoms with Gasteiger partial charge in [-0.15, -0.1) is 0 Å². The average Bonchev–Trinajstić information content (AvgIpc) is 2.63. The molecule has 1 saturated heterocycles. The third kappa shape index (κ3) is 3.47. The van der Waals surface area contributed by atoms with Crippen LogP contribution in [0, 0.1) is 5.92 Å². The highest BCUT2D eigenvalue weighted by molar-refractivity contribution is 5.80. The van der Waals surface area contributed by atoms with Crippen molar-refractivity contribution in [1.82, 2.24) is 4.90 Å². The zero-order valence-corrected chi connectivity index (χ0v) is 9.90. The number of likely N-dealkylation sites (N-methyl/N-ethyl adjacent to an activating group) is 1. The minimum absolute atomic E-state index is 0.0754. The van der Waals surface area contributed by atoms with Crippen molar-refractivity contribution < 1.29 is 9.53 Å². The number of carbonyl (C=O) groups is 1. The van der Waals surface area contributed by atoms with E-state index in [1.165, 1.54) is 0 Å². The van der Waals surface area contributed by atoms with Crippen LogP contribution in [0.15, 0.2) is 0 Å². The fourth-order valence-electron chi connectivity index (χ4n) is 1.94. The fraction of sp³-hybridized carbons (Fsp3) is 0.909. The summed E-state index contributed by atoms with van der Waals surface area (Å²) in [5, 5.41) is 0. The lowest BCUT2D eigenvalue weighted by Crippen LogP contribution is -2.38. The smallest absolute Gasteiger partial charge is 0.251 e. The van der Waals surface area contributed by atoms with Crippen LogP contribution in [0.25, 0.3) is 0 Å². The quantitative estimate of drug-likeness (QED) is 0.746. The molecule has 4 heteroatoms. The lowest BCUT2D eigenvalue weighted by atomic mass is 10.1. The summed E-state index contributed by atoms with van der Waals surface area (Å²) >= 11 is 0. The Labute approximate surface area is 91.8 Å². The Hall–Kier alpha value is -0.610. The van der Waals surface area contributed by atoms with Gasteiger partial charge >= 0.3 is 0 Å². The summed E-state index contributed by atoms with van der Waals surface area (Å²) < 4.78 is 5.56. The standard InChI is InChI=1S/C11H22N2O2/c1-8(2)7-13(3)11(14)10-5-4-9(6-12)15-10/h8-10H,4-7,12H2,1-3H3/t9-,10+/m1/s1. The van der Waals surface area contributed by atoms with Gasteiger partial charge in [-0.3, -0.25) is 4.79 Å². The van der Waals surface area contributed by atoms with Crippen LogP contribution in [-0.4, -0.2) is 43.2 Å². The third-order valence-corrected chi connectivity index (χ3v) is 2.66. The van der Waals surface area contributed by atoms with E-state index in [0.717, 1.165) is 19.4 Å². The van der Waals surface area contributed by atoms with Crippen molar-refractivity contribution in [2.75, 3.05) is 20.1 Å².